The molecule has 102 valence electrons. The molecule has 2 aromatic carbocycles. The molecule has 3 nitrogen and oxygen atoms in total. The monoisotopic (exact) mass is 378 g/mol. The molecule has 0 radical (unpaired) electrons. The Hall–Kier alpha value is -1.40. The van der Waals surface area contributed by atoms with E-state index < -0.39 is 0 Å². The molecule has 2 N–H and O–H groups in total. The number of hydrogen-bond donors (Lipinski definition) is 2. The minimum absolute atomic E-state index is 0.0292. The minimum Gasteiger partial charge on any atom is -0.325 e. The highest BCUT2D eigenvalue weighted by atomic mass is 127. The van der Waals surface area contributed by atoms with Crippen molar-refractivity contribution in [3.8, 4) is 0 Å². The number of nitrogens with one attached hydrogen (secondary N) is 2. The maximum absolute atomic E-state index is 12.3. The number of benzene rings is 2. The van der Waals surface area contributed by atoms with E-state index in [1.807, 2.05) is 36.4 Å². The summed E-state index contributed by atoms with van der Waals surface area (Å²) in [5, 5.41) is 6.27. The molecule has 1 unspecified atom stereocenters. The molecule has 1 atom stereocenters. The van der Waals surface area contributed by atoms with Crippen molar-refractivity contribution in [3.05, 3.63) is 63.2 Å². The topological polar surface area (TPSA) is 41.1 Å². The SMILES string of the molecule is O=C(Nc1cccc(I)c1)C1Cc2ccccc2CN1. The van der Waals surface area contributed by atoms with Gasteiger partial charge in [0.1, 0.15) is 0 Å². The normalized spacial score (nSPS) is 17.4. The molecule has 1 heterocycles. The average molecular weight is 378 g/mol. The average Bonchev–Trinajstić information content (AvgIpc) is 2.47. The molecule has 0 aromatic heterocycles. The van der Waals surface area contributed by atoms with Gasteiger partial charge in [0, 0.05) is 15.8 Å². The Morgan fingerprint density at radius 2 is 1.95 bits per heavy atom. The summed E-state index contributed by atoms with van der Waals surface area (Å²) in [5.41, 5.74) is 3.39. The molecule has 0 bridgehead atoms. The predicted molar refractivity (Wildman–Crippen MR) is 88.6 cm³/mol. The molecule has 0 saturated carbocycles. The highest BCUT2D eigenvalue weighted by Crippen LogP contribution is 2.18. The largest absolute Gasteiger partial charge is 0.325 e. The third-order valence-corrected chi connectivity index (χ3v) is 4.16. The summed E-state index contributed by atoms with van der Waals surface area (Å²) in [6.07, 6.45) is 0.742. The zero-order chi connectivity index (χ0) is 13.9. The van der Waals surface area contributed by atoms with Gasteiger partial charge in [-0.2, -0.15) is 0 Å². The zero-order valence-electron chi connectivity index (χ0n) is 10.9. The standard InChI is InChI=1S/C16H15IN2O/c17-13-6-3-7-14(9-13)19-16(20)15-8-11-4-1-2-5-12(11)10-18-15/h1-7,9,15,18H,8,10H2,(H,19,20). The minimum atomic E-state index is -0.164. The molecule has 1 aliphatic rings. The molecular formula is C16H15IN2O. The van der Waals surface area contributed by atoms with Crippen LogP contribution in [0.4, 0.5) is 5.69 Å². The van der Waals surface area contributed by atoms with Crippen LogP contribution in [0.15, 0.2) is 48.5 Å². The summed E-state index contributed by atoms with van der Waals surface area (Å²) in [6.45, 7) is 0.751. The van der Waals surface area contributed by atoms with E-state index in [-0.39, 0.29) is 11.9 Å². The molecule has 0 saturated heterocycles. The van der Waals surface area contributed by atoms with Crippen molar-refractivity contribution in [2.24, 2.45) is 0 Å². The molecule has 2 aromatic rings. The number of fused-ring (bicyclic) bond motifs is 1. The van der Waals surface area contributed by atoms with E-state index in [1.54, 1.807) is 0 Å². The molecule has 3 rings (SSSR count). The first-order valence-corrected chi connectivity index (χ1v) is 7.67. The van der Waals surface area contributed by atoms with Crippen molar-refractivity contribution in [2.75, 3.05) is 5.32 Å². The van der Waals surface area contributed by atoms with Crippen LogP contribution in [-0.2, 0) is 17.8 Å². The van der Waals surface area contributed by atoms with Crippen LogP contribution in [0.2, 0.25) is 0 Å². The molecule has 20 heavy (non-hydrogen) atoms. The van der Waals surface area contributed by atoms with Crippen LogP contribution in [0, 0.1) is 3.57 Å². The second-order valence-corrected chi connectivity index (χ2v) is 6.15. The molecule has 0 fully saturated rings. The summed E-state index contributed by atoms with van der Waals surface area (Å²) >= 11 is 2.24. The summed E-state index contributed by atoms with van der Waals surface area (Å²) < 4.78 is 1.11. The molecule has 1 aliphatic heterocycles. The van der Waals surface area contributed by atoms with Crippen LogP contribution >= 0.6 is 22.6 Å². The first kappa shape index (κ1) is 13.6. The number of anilines is 1. The van der Waals surface area contributed by atoms with E-state index in [4.69, 9.17) is 0 Å². The second-order valence-electron chi connectivity index (χ2n) is 4.91. The maximum atomic E-state index is 12.3. The van der Waals surface area contributed by atoms with Gasteiger partial charge in [0.05, 0.1) is 6.04 Å². The van der Waals surface area contributed by atoms with Gasteiger partial charge < -0.3 is 10.6 Å². The Morgan fingerprint density at radius 1 is 1.15 bits per heavy atom. The zero-order valence-corrected chi connectivity index (χ0v) is 13.1. The van der Waals surface area contributed by atoms with Gasteiger partial charge in [-0.1, -0.05) is 30.3 Å². The summed E-state index contributed by atoms with van der Waals surface area (Å²) in [5.74, 6) is 0.0292. The number of carbonyl (C=O) groups is 1. The van der Waals surface area contributed by atoms with Crippen molar-refractivity contribution in [1.82, 2.24) is 5.32 Å². The van der Waals surface area contributed by atoms with E-state index >= 15 is 0 Å². The van der Waals surface area contributed by atoms with E-state index in [0.29, 0.717) is 0 Å². The first-order chi connectivity index (χ1) is 9.72. The molecule has 4 heteroatoms. The molecule has 1 amide bonds. The van der Waals surface area contributed by atoms with Crippen LogP contribution in [0.1, 0.15) is 11.1 Å². The van der Waals surface area contributed by atoms with Gasteiger partial charge in [-0.05, 0) is 58.3 Å². The fourth-order valence-corrected chi connectivity index (χ4v) is 2.98. The van der Waals surface area contributed by atoms with Crippen LogP contribution in [-0.4, -0.2) is 11.9 Å². The lowest BCUT2D eigenvalue weighted by atomic mass is 9.95. The lowest BCUT2D eigenvalue weighted by molar-refractivity contribution is -0.118. The van der Waals surface area contributed by atoms with Crippen molar-refractivity contribution in [2.45, 2.75) is 19.0 Å². The summed E-state index contributed by atoms with van der Waals surface area (Å²) in [4.78, 5) is 12.3. The lowest BCUT2D eigenvalue weighted by Crippen LogP contribution is -2.44. The van der Waals surface area contributed by atoms with Crippen LogP contribution in [0.25, 0.3) is 0 Å². The van der Waals surface area contributed by atoms with Gasteiger partial charge in [0.2, 0.25) is 5.91 Å². The van der Waals surface area contributed by atoms with E-state index in [9.17, 15) is 4.79 Å². The Labute approximate surface area is 131 Å². The highest BCUT2D eigenvalue weighted by molar-refractivity contribution is 14.1. The van der Waals surface area contributed by atoms with Crippen molar-refractivity contribution >= 4 is 34.2 Å². The molecular weight excluding hydrogens is 363 g/mol. The Bertz CT molecular complexity index is 642. The summed E-state index contributed by atoms with van der Waals surface area (Å²) in [7, 11) is 0. The Morgan fingerprint density at radius 3 is 2.75 bits per heavy atom. The van der Waals surface area contributed by atoms with Crippen LogP contribution in [0.3, 0.4) is 0 Å². The Balaban J connectivity index is 1.70. The summed E-state index contributed by atoms with van der Waals surface area (Å²) in [6, 6.07) is 15.9. The fourth-order valence-electron chi connectivity index (χ4n) is 2.44. The third-order valence-electron chi connectivity index (χ3n) is 3.49. The maximum Gasteiger partial charge on any atom is 0.241 e. The van der Waals surface area contributed by atoms with Gasteiger partial charge in [-0.15, -0.1) is 0 Å². The number of rotatable bonds is 2. The van der Waals surface area contributed by atoms with Crippen LogP contribution in [0.5, 0.6) is 0 Å². The number of halogens is 1. The van der Waals surface area contributed by atoms with Crippen molar-refractivity contribution in [3.63, 3.8) is 0 Å². The van der Waals surface area contributed by atoms with Gasteiger partial charge >= 0.3 is 0 Å². The fraction of sp³-hybridized carbons (Fsp3) is 0.188. The van der Waals surface area contributed by atoms with Crippen molar-refractivity contribution in [1.29, 1.82) is 0 Å². The van der Waals surface area contributed by atoms with Gasteiger partial charge in [0.15, 0.2) is 0 Å². The number of amides is 1. The Kier molecular flexibility index (Phi) is 4.03. The van der Waals surface area contributed by atoms with Gasteiger partial charge in [0.25, 0.3) is 0 Å². The van der Waals surface area contributed by atoms with Crippen LogP contribution < -0.4 is 10.6 Å². The first-order valence-electron chi connectivity index (χ1n) is 6.59. The quantitative estimate of drug-likeness (QED) is 0.790. The smallest absolute Gasteiger partial charge is 0.241 e. The second kappa shape index (κ2) is 5.93. The highest BCUT2D eigenvalue weighted by Gasteiger charge is 2.23. The molecule has 0 spiro atoms. The lowest BCUT2D eigenvalue weighted by Gasteiger charge is -2.25. The van der Waals surface area contributed by atoms with Gasteiger partial charge in [-0.3, -0.25) is 4.79 Å². The van der Waals surface area contributed by atoms with E-state index in [1.165, 1.54) is 11.1 Å². The third kappa shape index (κ3) is 3.02. The van der Waals surface area contributed by atoms with Gasteiger partial charge in [-0.25, -0.2) is 0 Å². The van der Waals surface area contributed by atoms with E-state index in [0.717, 1.165) is 22.2 Å². The van der Waals surface area contributed by atoms with E-state index in [2.05, 4.69) is 45.4 Å². The number of carbonyl (C=O) groups excluding carboxylic acids is 1. The van der Waals surface area contributed by atoms with Crippen molar-refractivity contribution < 1.29 is 4.79 Å². The molecule has 0 aliphatic carbocycles. The number of hydrogen-bond acceptors (Lipinski definition) is 2. The predicted octanol–water partition coefficient (Wildman–Crippen LogP) is 2.94.